The summed E-state index contributed by atoms with van der Waals surface area (Å²) >= 11 is 3.34. The van der Waals surface area contributed by atoms with Crippen LogP contribution in [-0.4, -0.2) is 36.6 Å². The largest absolute Gasteiger partial charge is 0.303 e. The molecule has 0 unspecified atom stereocenters. The Balaban J connectivity index is 1.80. The molecule has 4 heteroatoms. The summed E-state index contributed by atoms with van der Waals surface area (Å²) in [5.41, 5.74) is 0. The van der Waals surface area contributed by atoms with Crippen LogP contribution in [0.3, 0.4) is 0 Å². The average Bonchev–Trinajstić information content (AvgIpc) is 2.73. The molecule has 0 amide bonds. The van der Waals surface area contributed by atoms with Crippen molar-refractivity contribution >= 4 is 28.9 Å². The van der Waals surface area contributed by atoms with Crippen molar-refractivity contribution in [2.75, 3.05) is 25.9 Å². The maximum atomic E-state index is 12.1. The van der Waals surface area contributed by atoms with E-state index in [1.165, 1.54) is 43.0 Å². The van der Waals surface area contributed by atoms with Crippen LogP contribution in [0.4, 0.5) is 0 Å². The molecule has 100 valence electrons. The summed E-state index contributed by atoms with van der Waals surface area (Å²) < 4.78 is 1.23. The fourth-order valence-electron chi connectivity index (χ4n) is 2.32. The lowest BCUT2D eigenvalue weighted by atomic mass is 10.2. The number of Topliss-reactive ketones (excluding diaryl/α,β-unsaturated/α-hetero) is 1. The van der Waals surface area contributed by atoms with E-state index in [1.54, 1.807) is 23.1 Å². The minimum Gasteiger partial charge on any atom is -0.303 e. The van der Waals surface area contributed by atoms with Crippen LogP contribution in [0.1, 0.15) is 41.8 Å². The zero-order valence-corrected chi connectivity index (χ0v) is 12.6. The van der Waals surface area contributed by atoms with E-state index in [0.717, 1.165) is 11.4 Å². The van der Waals surface area contributed by atoms with Gasteiger partial charge in [0.25, 0.3) is 0 Å². The lowest BCUT2D eigenvalue weighted by molar-refractivity contribution is 0.0969. The number of carbonyl (C=O) groups is 1. The predicted molar refractivity (Wildman–Crippen MR) is 80.0 cm³/mol. The highest BCUT2D eigenvalue weighted by molar-refractivity contribution is 8.00. The molecule has 18 heavy (non-hydrogen) atoms. The monoisotopic (exact) mass is 283 g/mol. The molecular weight excluding hydrogens is 262 g/mol. The first kappa shape index (κ1) is 14.1. The number of hydrogen-bond acceptors (Lipinski definition) is 4. The maximum Gasteiger partial charge on any atom is 0.174 e. The molecule has 1 saturated heterocycles. The third-order valence-electron chi connectivity index (χ3n) is 3.41. The summed E-state index contributed by atoms with van der Waals surface area (Å²) in [6, 6.07) is 4.02. The van der Waals surface area contributed by atoms with Gasteiger partial charge in [0.05, 0.1) is 9.09 Å². The van der Waals surface area contributed by atoms with Crippen molar-refractivity contribution in [3.8, 4) is 0 Å². The first-order valence-electron chi connectivity index (χ1n) is 6.69. The van der Waals surface area contributed by atoms with Crippen LogP contribution in [0.25, 0.3) is 0 Å². The van der Waals surface area contributed by atoms with Crippen molar-refractivity contribution in [2.45, 2.75) is 36.3 Å². The molecule has 0 atom stereocenters. The van der Waals surface area contributed by atoms with Crippen LogP contribution in [0.5, 0.6) is 0 Å². The Kier molecular flexibility index (Phi) is 5.73. The number of rotatable bonds is 5. The van der Waals surface area contributed by atoms with Gasteiger partial charge in [-0.2, -0.15) is 0 Å². The molecule has 2 nitrogen and oxygen atoms in total. The van der Waals surface area contributed by atoms with Gasteiger partial charge in [-0.25, -0.2) is 0 Å². The van der Waals surface area contributed by atoms with Crippen LogP contribution in [-0.2, 0) is 0 Å². The van der Waals surface area contributed by atoms with Gasteiger partial charge in [-0.15, -0.1) is 23.1 Å². The molecule has 0 aromatic carbocycles. The van der Waals surface area contributed by atoms with Gasteiger partial charge in [0.15, 0.2) is 5.78 Å². The zero-order valence-electron chi connectivity index (χ0n) is 11.0. The summed E-state index contributed by atoms with van der Waals surface area (Å²) in [4.78, 5) is 15.5. The Morgan fingerprint density at radius 3 is 2.61 bits per heavy atom. The summed E-state index contributed by atoms with van der Waals surface area (Å²) in [5.74, 6) is 0.310. The third-order valence-corrected chi connectivity index (χ3v) is 5.62. The highest BCUT2D eigenvalue weighted by Gasteiger charge is 2.13. The lowest BCUT2D eigenvalue weighted by Gasteiger charge is -2.18. The molecule has 1 aliphatic heterocycles. The second-order valence-corrected chi connectivity index (χ2v) is 6.94. The molecular formula is C14H21NOS2. The van der Waals surface area contributed by atoms with Gasteiger partial charge in [-0.05, 0) is 44.3 Å². The van der Waals surface area contributed by atoms with Gasteiger partial charge in [0.1, 0.15) is 0 Å². The molecule has 0 N–H and O–H groups in total. The summed E-state index contributed by atoms with van der Waals surface area (Å²) in [6.07, 6.45) is 8.03. The SMILES string of the molecule is CSc1ccc(C(=O)CCN2CCCCCC2)s1. The molecule has 0 bridgehead atoms. The zero-order chi connectivity index (χ0) is 12.8. The van der Waals surface area contributed by atoms with Gasteiger partial charge in [0.2, 0.25) is 0 Å². The number of thioether (sulfide) groups is 1. The quantitative estimate of drug-likeness (QED) is 0.603. The van der Waals surface area contributed by atoms with E-state index >= 15 is 0 Å². The standard InChI is InChI=1S/C14H21NOS2/c1-17-14-7-6-13(18-14)12(16)8-11-15-9-4-2-3-5-10-15/h6-7H,2-5,8-11H2,1H3. The molecule has 0 spiro atoms. The number of hydrogen-bond donors (Lipinski definition) is 0. The highest BCUT2D eigenvalue weighted by atomic mass is 32.2. The van der Waals surface area contributed by atoms with Crippen molar-refractivity contribution < 1.29 is 4.79 Å². The van der Waals surface area contributed by atoms with E-state index in [-0.39, 0.29) is 0 Å². The summed E-state index contributed by atoms with van der Waals surface area (Å²) in [5, 5.41) is 0. The van der Waals surface area contributed by atoms with E-state index < -0.39 is 0 Å². The van der Waals surface area contributed by atoms with E-state index in [2.05, 4.69) is 17.2 Å². The Labute approximate surface area is 118 Å². The number of thiophene rings is 1. The smallest absolute Gasteiger partial charge is 0.174 e. The molecule has 1 aliphatic rings. The minimum atomic E-state index is 0.310. The van der Waals surface area contributed by atoms with Crippen molar-refractivity contribution in [1.29, 1.82) is 0 Å². The fraction of sp³-hybridized carbons (Fsp3) is 0.643. The molecule has 1 aromatic rings. The van der Waals surface area contributed by atoms with Gasteiger partial charge >= 0.3 is 0 Å². The Morgan fingerprint density at radius 2 is 2.00 bits per heavy atom. The molecule has 0 saturated carbocycles. The van der Waals surface area contributed by atoms with Crippen LogP contribution >= 0.6 is 23.1 Å². The van der Waals surface area contributed by atoms with Gasteiger partial charge in [-0.3, -0.25) is 4.79 Å². The van der Waals surface area contributed by atoms with Crippen molar-refractivity contribution in [3.05, 3.63) is 17.0 Å². The molecule has 2 heterocycles. The number of likely N-dealkylation sites (tertiary alicyclic amines) is 1. The van der Waals surface area contributed by atoms with Crippen molar-refractivity contribution in [3.63, 3.8) is 0 Å². The van der Waals surface area contributed by atoms with Crippen LogP contribution in [0, 0.1) is 0 Å². The first-order chi connectivity index (χ1) is 8.79. The third kappa shape index (κ3) is 4.11. The summed E-state index contributed by atoms with van der Waals surface area (Å²) in [7, 11) is 0. The van der Waals surface area contributed by atoms with Crippen molar-refractivity contribution in [1.82, 2.24) is 4.90 Å². The highest BCUT2D eigenvalue weighted by Crippen LogP contribution is 2.26. The van der Waals surface area contributed by atoms with E-state index in [1.807, 2.05) is 6.07 Å². The van der Waals surface area contributed by atoms with Crippen molar-refractivity contribution in [2.24, 2.45) is 0 Å². The van der Waals surface area contributed by atoms with Crippen LogP contribution < -0.4 is 0 Å². The van der Waals surface area contributed by atoms with Gasteiger partial charge in [0, 0.05) is 13.0 Å². The summed E-state index contributed by atoms with van der Waals surface area (Å²) in [6.45, 7) is 3.28. The molecule has 0 radical (unpaired) electrons. The first-order valence-corrected chi connectivity index (χ1v) is 8.73. The fourth-order valence-corrected chi connectivity index (χ4v) is 3.83. The molecule has 1 aromatic heterocycles. The Morgan fingerprint density at radius 1 is 1.28 bits per heavy atom. The molecule has 0 aliphatic carbocycles. The van der Waals surface area contributed by atoms with E-state index in [0.29, 0.717) is 12.2 Å². The molecule has 1 fully saturated rings. The van der Waals surface area contributed by atoms with Crippen LogP contribution in [0.15, 0.2) is 16.3 Å². The topological polar surface area (TPSA) is 20.3 Å². The van der Waals surface area contributed by atoms with Gasteiger partial charge < -0.3 is 4.90 Å². The normalized spacial score (nSPS) is 17.6. The predicted octanol–water partition coefficient (Wildman–Crippen LogP) is 3.92. The second-order valence-electron chi connectivity index (χ2n) is 4.75. The average molecular weight is 283 g/mol. The van der Waals surface area contributed by atoms with Crippen LogP contribution in [0.2, 0.25) is 0 Å². The minimum absolute atomic E-state index is 0.310. The maximum absolute atomic E-state index is 12.1. The Hall–Kier alpha value is -0.320. The number of ketones is 1. The molecule has 2 rings (SSSR count). The second kappa shape index (κ2) is 7.31. The number of carbonyl (C=O) groups excluding carboxylic acids is 1. The van der Waals surface area contributed by atoms with Gasteiger partial charge in [-0.1, -0.05) is 12.8 Å². The lowest BCUT2D eigenvalue weighted by Crippen LogP contribution is -2.27. The van der Waals surface area contributed by atoms with E-state index in [9.17, 15) is 4.79 Å². The van der Waals surface area contributed by atoms with E-state index in [4.69, 9.17) is 0 Å². The number of nitrogens with zero attached hydrogens (tertiary/aromatic N) is 1. The Bertz CT molecular complexity index is 381.